The third-order valence-electron chi connectivity index (χ3n) is 1.45. The molecule has 12 heavy (non-hydrogen) atoms. The highest BCUT2D eigenvalue weighted by Gasteiger charge is 2.38. The second-order valence-corrected chi connectivity index (χ2v) is 2.73. The Morgan fingerprint density at radius 3 is 2.92 bits per heavy atom. The second kappa shape index (κ2) is 3.25. The van der Waals surface area contributed by atoms with Crippen molar-refractivity contribution in [2.24, 2.45) is 0 Å². The smallest absolute Gasteiger partial charge is 0.334 e. The van der Waals surface area contributed by atoms with E-state index in [1.54, 1.807) is 6.92 Å². The molecule has 4 heteroatoms. The number of esters is 1. The van der Waals surface area contributed by atoms with Gasteiger partial charge in [-0.15, -0.1) is 0 Å². The van der Waals surface area contributed by atoms with Crippen LogP contribution in [0.1, 0.15) is 13.8 Å². The van der Waals surface area contributed by atoms with Crippen molar-refractivity contribution in [3.63, 3.8) is 0 Å². The van der Waals surface area contributed by atoms with Crippen molar-refractivity contribution in [1.82, 2.24) is 0 Å². The molecule has 0 aromatic carbocycles. The van der Waals surface area contributed by atoms with Crippen LogP contribution in [0.5, 0.6) is 0 Å². The van der Waals surface area contributed by atoms with Gasteiger partial charge in [0.15, 0.2) is 0 Å². The number of hydrogen-bond donors (Lipinski definition) is 0. The van der Waals surface area contributed by atoms with Gasteiger partial charge in [-0.05, 0) is 6.92 Å². The monoisotopic (exact) mass is 172 g/mol. The SMILES string of the molecule is C=CC(=O)OC1(C)OCC(C)O1. The minimum Gasteiger partial charge on any atom is -0.405 e. The predicted molar refractivity (Wildman–Crippen MR) is 41.2 cm³/mol. The molecule has 1 fully saturated rings. The first-order valence-corrected chi connectivity index (χ1v) is 3.73. The number of ether oxygens (including phenoxy) is 3. The van der Waals surface area contributed by atoms with Crippen molar-refractivity contribution >= 4 is 5.97 Å². The average molecular weight is 172 g/mol. The molecule has 0 aliphatic carbocycles. The predicted octanol–water partition coefficient (Wildman–Crippen LogP) is 0.825. The molecule has 0 amide bonds. The molecule has 1 aliphatic heterocycles. The summed E-state index contributed by atoms with van der Waals surface area (Å²) in [5, 5.41) is 0. The molecule has 1 saturated heterocycles. The second-order valence-electron chi connectivity index (χ2n) is 2.73. The van der Waals surface area contributed by atoms with Gasteiger partial charge in [-0.25, -0.2) is 4.79 Å². The van der Waals surface area contributed by atoms with Crippen molar-refractivity contribution in [3.8, 4) is 0 Å². The Kier molecular flexibility index (Phi) is 2.49. The fourth-order valence-corrected chi connectivity index (χ4v) is 0.980. The van der Waals surface area contributed by atoms with Gasteiger partial charge in [-0.1, -0.05) is 6.58 Å². The van der Waals surface area contributed by atoms with Gasteiger partial charge < -0.3 is 14.2 Å². The van der Waals surface area contributed by atoms with Crippen LogP contribution in [0.3, 0.4) is 0 Å². The normalized spacial score (nSPS) is 34.7. The molecule has 1 aliphatic rings. The fraction of sp³-hybridized carbons (Fsp3) is 0.625. The van der Waals surface area contributed by atoms with E-state index in [0.717, 1.165) is 6.08 Å². The van der Waals surface area contributed by atoms with Gasteiger partial charge in [0.2, 0.25) is 0 Å². The molecule has 0 aromatic rings. The topological polar surface area (TPSA) is 44.8 Å². The average Bonchev–Trinajstić information content (AvgIpc) is 2.30. The first-order chi connectivity index (χ1) is 5.56. The first-order valence-electron chi connectivity index (χ1n) is 3.73. The molecule has 0 aromatic heterocycles. The van der Waals surface area contributed by atoms with Crippen LogP contribution in [0.2, 0.25) is 0 Å². The van der Waals surface area contributed by atoms with Crippen LogP contribution in [0.25, 0.3) is 0 Å². The zero-order valence-electron chi connectivity index (χ0n) is 7.20. The van der Waals surface area contributed by atoms with E-state index in [2.05, 4.69) is 6.58 Å². The van der Waals surface area contributed by atoms with Gasteiger partial charge in [0.25, 0.3) is 0 Å². The quantitative estimate of drug-likeness (QED) is 0.457. The van der Waals surface area contributed by atoms with Crippen molar-refractivity contribution < 1.29 is 19.0 Å². The summed E-state index contributed by atoms with van der Waals surface area (Å²) in [4.78, 5) is 10.8. The Labute approximate surface area is 71.1 Å². The van der Waals surface area contributed by atoms with Gasteiger partial charge in [0.1, 0.15) is 0 Å². The molecule has 4 nitrogen and oxygen atoms in total. The Morgan fingerprint density at radius 2 is 2.50 bits per heavy atom. The van der Waals surface area contributed by atoms with E-state index in [1.165, 1.54) is 0 Å². The van der Waals surface area contributed by atoms with E-state index < -0.39 is 11.9 Å². The Bertz CT molecular complexity index is 201. The summed E-state index contributed by atoms with van der Waals surface area (Å²) in [6, 6.07) is 0. The highest BCUT2D eigenvalue weighted by molar-refractivity contribution is 5.81. The lowest BCUT2D eigenvalue weighted by atomic mass is 10.5. The highest BCUT2D eigenvalue weighted by Crippen LogP contribution is 2.24. The van der Waals surface area contributed by atoms with Gasteiger partial charge in [0, 0.05) is 13.0 Å². The Morgan fingerprint density at radius 1 is 1.83 bits per heavy atom. The van der Waals surface area contributed by atoms with E-state index >= 15 is 0 Å². The third-order valence-corrected chi connectivity index (χ3v) is 1.45. The third kappa shape index (κ3) is 2.06. The molecule has 1 rings (SSSR count). The zero-order chi connectivity index (χ0) is 9.19. The lowest BCUT2D eigenvalue weighted by Gasteiger charge is -2.21. The lowest BCUT2D eigenvalue weighted by molar-refractivity contribution is -0.304. The molecule has 68 valence electrons. The molecule has 0 radical (unpaired) electrons. The maximum absolute atomic E-state index is 10.8. The van der Waals surface area contributed by atoms with Crippen LogP contribution < -0.4 is 0 Å². The summed E-state index contributed by atoms with van der Waals surface area (Å²) in [6.07, 6.45) is 1.02. The van der Waals surface area contributed by atoms with Gasteiger partial charge in [0.05, 0.1) is 12.7 Å². The van der Waals surface area contributed by atoms with Gasteiger partial charge >= 0.3 is 11.9 Å². The van der Waals surface area contributed by atoms with Gasteiger partial charge in [-0.2, -0.15) is 0 Å². The first kappa shape index (κ1) is 9.22. The minimum atomic E-state index is -1.23. The molecule has 0 N–H and O–H groups in total. The molecule has 1 heterocycles. The minimum absolute atomic E-state index is 0.0485. The van der Waals surface area contributed by atoms with Crippen LogP contribution in [0.15, 0.2) is 12.7 Å². The molecular weight excluding hydrogens is 160 g/mol. The molecule has 0 bridgehead atoms. The molecule has 2 unspecified atom stereocenters. The number of rotatable bonds is 2. The maximum atomic E-state index is 10.8. The summed E-state index contributed by atoms with van der Waals surface area (Å²) in [5.74, 6) is -1.78. The van der Waals surface area contributed by atoms with E-state index in [9.17, 15) is 4.79 Å². The summed E-state index contributed by atoms with van der Waals surface area (Å²) in [7, 11) is 0. The van der Waals surface area contributed by atoms with Crippen molar-refractivity contribution in [2.75, 3.05) is 6.61 Å². The Hall–Kier alpha value is -0.870. The number of hydrogen-bond acceptors (Lipinski definition) is 4. The van der Waals surface area contributed by atoms with E-state index in [0.29, 0.717) is 6.61 Å². The van der Waals surface area contributed by atoms with E-state index in [-0.39, 0.29) is 6.10 Å². The standard InChI is InChI=1S/C8H12O4/c1-4-7(9)12-8(3)10-5-6(2)11-8/h4,6H,1,5H2,2-3H3. The summed E-state index contributed by atoms with van der Waals surface area (Å²) >= 11 is 0. The van der Waals surface area contributed by atoms with Crippen molar-refractivity contribution in [3.05, 3.63) is 12.7 Å². The van der Waals surface area contributed by atoms with Gasteiger partial charge in [-0.3, -0.25) is 0 Å². The van der Waals surface area contributed by atoms with Crippen LogP contribution in [-0.4, -0.2) is 24.7 Å². The largest absolute Gasteiger partial charge is 0.405 e. The van der Waals surface area contributed by atoms with Crippen molar-refractivity contribution in [2.45, 2.75) is 25.9 Å². The summed E-state index contributed by atoms with van der Waals surface area (Å²) < 4.78 is 15.1. The number of carbonyl (C=O) groups excluding carboxylic acids is 1. The fourth-order valence-electron chi connectivity index (χ4n) is 0.980. The lowest BCUT2D eigenvalue weighted by Crippen LogP contribution is -2.32. The summed E-state index contributed by atoms with van der Waals surface area (Å²) in [5.41, 5.74) is 0. The van der Waals surface area contributed by atoms with Crippen LogP contribution in [-0.2, 0) is 19.0 Å². The highest BCUT2D eigenvalue weighted by atomic mass is 16.9. The number of carbonyl (C=O) groups is 1. The maximum Gasteiger partial charge on any atom is 0.334 e. The molecule has 0 spiro atoms. The molecule has 2 atom stereocenters. The zero-order valence-corrected chi connectivity index (χ0v) is 7.20. The van der Waals surface area contributed by atoms with Crippen LogP contribution in [0.4, 0.5) is 0 Å². The van der Waals surface area contributed by atoms with E-state index in [1.807, 2.05) is 6.92 Å². The van der Waals surface area contributed by atoms with Crippen molar-refractivity contribution in [1.29, 1.82) is 0 Å². The Balaban J connectivity index is 2.50. The summed E-state index contributed by atoms with van der Waals surface area (Å²) in [6.45, 7) is 7.09. The van der Waals surface area contributed by atoms with E-state index in [4.69, 9.17) is 14.2 Å². The van der Waals surface area contributed by atoms with Crippen LogP contribution in [0, 0.1) is 0 Å². The molecule has 0 saturated carbocycles. The molecular formula is C8H12O4. The van der Waals surface area contributed by atoms with Crippen LogP contribution >= 0.6 is 0 Å².